The molecule has 146 valence electrons. The molecule has 0 radical (unpaired) electrons. The average molecular weight is 434 g/mol. The van der Waals surface area contributed by atoms with Crippen LogP contribution in [0.5, 0.6) is 5.75 Å². The molecule has 0 saturated carbocycles. The minimum absolute atomic E-state index is 0.0130. The number of furan rings is 1. The summed E-state index contributed by atoms with van der Waals surface area (Å²) in [6, 6.07) is 3.37. The number of nitrogens with zero attached hydrogens (tertiary/aromatic N) is 3. The Balaban J connectivity index is 1.88. The zero-order valence-corrected chi connectivity index (χ0v) is 16.1. The SMILES string of the molecule is Cc1ccc(CN(N)C2=NS(=O)(=O)N=C2Nc2csc(S(N)(=O)=O)c2O)o1. The molecule has 0 spiro atoms. The zero-order chi connectivity index (χ0) is 20.0. The van der Waals surface area contributed by atoms with Gasteiger partial charge >= 0.3 is 10.2 Å². The second-order valence-corrected chi connectivity index (χ2v) is 9.30. The fourth-order valence-electron chi connectivity index (χ4n) is 2.16. The molecule has 0 saturated heterocycles. The maximum Gasteiger partial charge on any atom is 0.367 e. The molecule has 0 amide bonds. The van der Waals surface area contributed by atoms with Crippen molar-refractivity contribution in [3.63, 3.8) is 0 Å². The highest BCUT2D eigenvalue weighted by Gasteiger charge is 2.30. The third kappa shape index (κ3) is 4.11. The van der Waals surface area contributed by atoms with Gasteiger partial charge in [0.1, 0.15) is 11.5 Å². The molecule has 3 rings (SSSR count). The van der Waals surface area contributed by atoms with Crippen LogP contribution in [0, 0.1) is 6.92 Å². The fraction of sp³-hybridized carbons (Fsp3) is 0.167. The van der Waals surface area contributed by atoms with Gasteiger partial charge in [-0.15, -0.1) is 20.1 Å². The van der Waals surface area contributed by atoms with Gasteiger partial charge < -0.3 is 14.8 Å². The van der Waals surface area contributed by atoms with Crippen molar-refractivity contribution in [2.24, 2.45) is 19.8 Å². The fourth-order valence-corrected chi connectivity index (χ4v) is 4.65. The number of amidine groups is 2. The van der Waals surface area contributed by atoms with E-state index in [4.69, 9.17) is 15.4 Å². The summed E-state index contributed by atoms with van der Waals surface area (Å²) in [6.07, 6.45) is 0. The summed E-state index contributed by atoms with van der Waals surface area (Å²) in [5.41, 5.74) is -0.116. The molecular formula is C12H14N6O6S3. The number of thiophene rings is 1. The van der Waals surface area contributed by atoms with E-state index in [0.717, 1.165) is 5.01 Å². The van der Waals surface area contributed by atoms with Crippen molar-refractivity contribution in [1.29, 1.82) is 0 Å². The van der Waals surface area contributed by atoms with E-state index in [9.17, 15) is 21.9 Å². The van der Waals surface area contributed by atoms with Crippen LogP contribution < -0.4 is 16.3 Å². The lowest BCUT2D eigenvalue weighted by molar-refractivity contribution is 0.370. The van der Waals surface area contributed by atoms with Crippen LogP contribution in [0.3, 0.4) is 0 Å². The van der Waals surface area contributed by atoms with E-state index in [1.165, 1.54) is 5.38 Å². The number of hydrogen-bond acceptors (Lipinski definition) is 10. The highest BCUT2D eigenvalue weighted by Crippen LogP contribution is 2.37. The summed E-state index contributed by atoms with van der Waals surface area (Å²) < 4.78 is 58.1. The molecule has 12 nitrogen and oxygen atoms in total. The molecule has 6 N–H and O–H groups in total. The summed E-state index contributed by atoms with van der Waals surface area (Å²) in [4.78, 5) is 0. The highest BCUT2D eigenvalue weighted by atomic mass is 32.2. The monoisotopic (exact) mass is 434 g/mol. The van der Waals surface area contributed by atoms with Gasteiger partial charge in [-0.1, -0.05) is 0 Å². The van der Waals surface area contributed by atoms with Gasteiger partial charge in [-0.05, 0) is 19.1 Å². The normalized spacial score (nSPS) is 16.1. The Morgan fingerprint density at radius 1 is 1.37 bits per heavy atom. The number of hydrogen-bond donors (Lipinski definition) is 4. The standard InChI is InChI=1S/C12H14N6O6S3/c1-6-2-3-7(24-6)4-18(13)11-10(16-27(22,23)17-11)15-8-5-25-12(9(8)19)26(14,20)21/h2-3,5,19H,4,13H2,1H3,(H,15,16)(H2,14,20,21). The van der Waals surface area contributed by atoms with E-state index < -0.39 is 30.2 Å². The molecule has 3 heterocycles. The number of hydrazine groups is 1. The first-order chi connectivity index (χ1) is 12.5. The molecule has 0 aliphatic carbocycles. The number of primary sulfonamides is 1. The van der Waals surface area contributed by atoms with Crippen molar-refractivity contribution < 1.29 is 26.4 Å². The van der Waals surface area contributed by atoms with Crippen LogP contribution in [0.15, 0.2) is 34.9 Å². The van der Waals surface area contributed by atoms with Crippen LogP contribution in [0.2, 0.25) is 0 Å². The Labute approximate surface area is 158 Å². The largest absolute Gasteiger partial charge is 0.504 e. The third-order valence-corrected chi connectivity index (χ3v) is 6.53. The van der Waals surface area contributed by atoms with E-state index >= 15 is 0 Å². The Bertz CT molecular complexity index is 1160. The Hall–Kier alpha value is -2.46. The molecule has 15 heteroatoms. The van der Waals surface area contributed by atoms with E-state index in [0.29, 0.717) is 22.9 Å². The third-order valence-electron chi connectivity index (χ3n) is 3.26. The highest BCUT2D eigenvalue weighted by molar-refractivity contribution is 7.91. The van der Waals surface area contributed by atoms with Crippen molar-refractivity contribution in [3.8, 4) is 5.75 Å². The molecule has 1 aliphatic rings. The first-order valence-corrected chi connectivity index (χ1v) is 10.9. The Morgan fingerprint density at radius 2 is 2.07 bits per heavy atom. The molecule has 2 aromatic rings. The predicted octanol–water partition coefficient (Wildman–Crippen LogP) is -0.154. The summed E-state index contributed by atoms with van der Waals surface area (Å²) in [5, 5.41) is 19.7. The molecule has 0 atom stereocenters. The number of aromatic hydroxyl groups is 1. The van der Waals surface area contributed by atoms with Crippen LogP contribution in [-0.2, 0) is 26.8 Å². The van der Waals surface area contributed by atoms with Crippen LogP contribution in [0.25, 0.3) is 0 Å². The number of nitrogens with one attached hydrogen (secondary N) is 1. The van der Waals surface area contributed by atoms with E-state index in [-0.39, 0.29) is 23.9 Å². The lowest BCUT2D eigenvalue weighted by atomic mass is 10.4. The maximum atomic E-state index is 11.8. The number of aryl methyl sites for hydroxylation is 1. The van der Waals surface area contributed by atoms with E-state index in [1.807, 2.05) is 0 Å². The number of anilines is 1. The van der Waals surface area contributed by atoms with Crippen molar-refractivity contribution in [1.82, 2.24) is 5.01 Å². The second-order valence-electron chi connectivity index (χ2n) is 5.40. The molecule has 0 bridgehead atoms. The average Bonchev–Trinajstić information content (AvgIpc) is 3.18. The van der Waals surface area contributed by atoms with Gasteiger partial charge in [0.25, 0.3) is 10.0 Å². The predicted molar refractivity (Wildman–Crippen MR) is 97.9 cm³/mol. The summed E-state index contributed by atoms with van der Waals surface area (Å²) in [5.74, 6) is 5.77. The summed E-state index contributed by atoms with van der Waals surface area (Å²) >= 11 is 0.652. The van der Waals surface area contributed by atoms with E-state index in [1.54, 1.807) is 19.1 Å². The Kier molecular flexibility index (Phi) is 4.73. The zero-order valence-electron chi connectivity index (χ0n) is 13.6. The van der Waals surface area contributed by atoms with Gasteiger partial charge in [-0.3, -0.25) is 5.01 Å². The quantitative estimate of drug-likeness (QED) is 0.374. The minimum Gasteiger partial charge on any atom is -0.504 e. The lowest BCUT2D eigenvalue weighted by Gasteiger charge is -2.17. The van der Waals surface area contributed by atoms with Crippen molar-refractivity contribution in [3.05, 3.63) is 29.0 Å². The molecular weight excluding hydrogens is 420 g/mol. The minimum atomic E-state index is -4.19. The van der Waals surface area contributed by atoms with Gasteiger partial charge in [0.15, 0.2) is 15.8 Å². The van der Waals surface area contributed by atoms with E-state index in [2.05, 4.69) is 14.1 Å². The van der Waals surface area contributed by atoms with Crippen LogP contribution in [0.4, 0.5) is 5.69 Å². The molecule has 2 aromatic heterocycles. The van der Waals surface area contributed by atoms with Gasteiger partial charge in [-0.25, -0.2) is 19.4 Å². The topological polar surface area (TPSA) is 194 Å². The maximum absolute atomic E-state index is 11.8. The number of sulfonamides is 1. The first kappa shape index (κ1) is 19.3. The van der Waals surface area contributed by atoms with Crippen molar-refractivity contribution in [2.45, 2.75) is 17.7 Å². The van der Waals surface area contributed by atoms with Crippen molar-refractivity contribution >= 4 is 48.9 Å². The molecule has 1 aliphatic heterocycles. The van der Waals surface area contributed by atoms with Gasteiger partial charge in [0, 0.05) is 5.38 Å². The summed E-state index contributed by atoms with van der Waals surface area (Å²) in [6.45, 7) is 1.72. The lowest BCUT2D eigenvalue weighted by Crippen LogP contribution is -2.42. The smallest absolute Gasteiger partial charge is 0.367 e. The van der Waals surface area contributed by atoms with Crippen LogP contribution in [0.1, 0.15) is 11.5 Å². The van der Waals surface area contributed by atoms with Gasteiger partial charge in [0.05, 0.1) is 12.2 Å². The molecule has 0 aromatic carbocycles. The van der Waals surface area contributed by atoms with Gasteiger partial charge in [-0.2, -0.15) is 8.42 Å². The molecule has 0 fully saturated rings. The number of rotatable bonds is 4. The van der Waals surface area contributed by atoms with Gasteiger partial charge in [0.2, 0.25) is 5.84 Å². The van der Waals surface area contributed by atoms with Crippen LogP contribution in [-0.4, -0.2) is 38.6 Å². The number of nitrogens with two attached hydrogens (primary N) is 2. The second kappa shape index (κ2) is 6.61. The first-order valence-electron chi connectivity index (χ1n) is 7.09. The molecule has 0 unspecified atom stereocenters. The van der Waals surface area contributed by atoms with Crippen molar-refractivity contribution in [2.75, 3.05) is 5.32 Å². The molecule has 27 heavy (non-hydrogen) atoms. The summed E-state index contributed by atoms with van der Waals surface area (Å²) in [7, 11) is -8.34. The Morgan fingerprint density at radius 3 is 2.63 bits per heavy atom. The van der Waals surface area contributed by atoms with Crippen LogP contribution >= 0.6 is 11.3 Å².